The number of hydrogen-bond acceptors (Lipinski definition) is 17. The van der Waals surface area contributed by atoms with Gasteiger partial charge in [0.25, 0.3) is 26.1 Å². The SMILES string of the molecule is CCCCCCOc1ccc2cc(C(=O)N[C@H]3CCCNC(=O)[C@@H]4C[C@H](N)CN4C(=O)[C@H]([C@H](C)O)NC(=O)[C@H](CCc4ccc(O)cc4)NC(=O)[C@@H]4CC[C@H](N)N4C(=O)[C@H](CO)NC3=O)ccc2c1.Cc1ccc(S(=O)(=O)O)cc1.Cc1ccc(S(=O)(=O)O)cc1. The summed E-state index contributed by atoms with van der Waals surface area (Å²) < 4.78 is 65.0. The molecule has 494 valence electrons. The van der Waals surface area contributed by atoms with E-state index in [9.17, 15) is 65.7 Å². The molecule has 91 heavy (non-hydrogen) atoms. The minimum absolute atomic E-state index is 0.0177. The van der Waals surface area contributed by atoms with Gasteiger partial charge in [-0.25, -0.2) is 0 Å². The molecule has 28 heteroatoms. The fourth-order valence-corrected chi connectivity index (χ4v) is 11.4. The van der Waals surface area contributed by atoms with Crippen LogP contribution in [0.4, 0.5) is 0 Å². The largest absolute Gasteiger partial charge is 0.508 e. The van der Waals surface area contributed by atoms with Gasteiger partial charge in [0.15, 0.2) is 0 Å². The van der Waals surface area contributed by atoms with Gasteiger partial charge in [0.05, 0.1) is 35.3 Å². The molecule has 0 aromatic heterocycles. The highest BCUT2D eigenvalue weighted by Crippen LogP contribution is 2.26. The molecule has 3 aliphatic rings. The van der Waals surface area contributed by atoms with Crippen LogP contribution in [0.15, 0.2) is 119 Å². The molecule has 14 N–H and O–H groups in total. The van der Waals surface area contributed by atoms with Crippen molar-refractivity contribution < 1.29 is 79.6 Å². The maximum absolute atomic E-state index is 14.2. The second kappa shape index (κ2) is 33.3. The minimum Gasteiger partial charge on any atom is -0.508 e. The Morgan fingerprint density at radius 1 is 0.703 bits per heavy atom. The lowest BCUT2D eigenvalue weighted by Crippen LogP contribution is -2.62. The third-order valence-corrected chi connectivity index (χ3v) is 17.3. The minimum atomic E-state index is -4.02. The molecule has 3 aliphatic heterocycles. The van der Waals surface area contributed by atoms with Gasteiger partial charge in [0.1, 0.15) is 47.8 Å². The predicted molar refractivity (Wildman–Crippen MR) is 336 cm³/mol. The second-order valence-electron chi connectivity index (χ2n) is 22.8. The Morgan fingerprint density at radius 3 is 1.90 bits per heavy atom. The molecule has 0 radical (unpaired) electrons. The molecule has 0 spiro atoms. The lowest BCUT2D eigenvalue weighted by molar-refractivity contribution is -0.145. The highest BCUT2D eigenvalue weighted by molar-refractivity contribution is 7.86. The van der Waals surface area contributed by atoms with Gasteiger partial charge in [-0.3, -0.25) is 42.7 Å². The number of rotatable bonds is 15. The van der Waals surface area contributed by atoms with Crippen molar-refractivity contribution in [3.8, 4) is 11.5 Å². The van der Waals surface area contributed by atoms with Crippen molar-refractivity contribution in [3.05, 3.63) is 131 Å². The van der Waals surface area contributed by atoms with Gasteiger partial charge in [0.2, 0.25) is 35.4 Å². The zero-order valence-electron chi connectivity index (χ0n) is 51.2. The molecule has 0 bridgehead atoms. The number of nitrogens with two attached hydrogens (primary N) is 2. The van der Waals surface area contributed by atoms with Crippen molar-refractivity contribution >= 4 is 72.4 Å². The number of aromatic hydroxyl groups is 1. The van der Waals surface area contributed by atoms with Crippen LogP contribution >= 0.6 is 0 Å². The van der Waals surface area contributed by atoms with E-state index in [0.717, 1.165) is 52.5 Å². The van der Waals surface area contributed by atoms with Crippen LogP contribution in [0, 0.1) is 13.8 Å². The zero-order chi connectivity index (χ0) is 66.7. The van der Waals surface area contributed by atoms with Crippen molar-refractivity contribution in [2.24, 2.45) is 11.5 Å². The smallest absolute Gasteiger partial charge is 0.294 e. The molecule has 0 saturated carbocycles. The fraction of sp³-hybridized carbons (Fsp3) is 0.444. The quantitative estimate of drug-likeness (QED) is 0.0529. The molecule has 26 nitrogen and oxygen atoms in total. The van der Waals surface area contributed by atoms with Crippen molar-refractivity contribution in [2.45, 2.75) is 163 Å². The van der Waals surface area contributed by atoms with Crippen LogP contribution < -0.4 is 42.8 Å². The number of fused-ring (bicyclic) bond motifs is 3. The van der Waals surface area contributed by atoms with Gasteiger partial charge >= 0.3 is 0 Å². The molecule has 5 aromatic rings. The van der Waals surface area contributed by atoms with Gasteiger partial charge in [0, 0.05) is 24.7 Å². The average molecular weight is 1300 g/mol. The Kier molecular flexibility index (Phi) is 26.3. The Labute approximate surface area is 529 Å². The van der Waals surface area contributed by atoms with Crippen LogP contribution in [0.25, 0.3) is 10.8 Å². The number of nitrogens with one attached hydrogen (secondary N) is 5. The summed E-state index contributed by atoms with van der Waals surface area (Å²) in [4.78, 5) is 101. The number of benzene rings is 5. The summed E-state index contributed by atoms with van der Waals surface area (Å²) >= 11 is 0. The van der Waals surface area contributed by atoms with Crippen LogP contribution in [0.2, 0.25) is 0 Å². The number of nitrogens with zero attached hydrogens (tertiary/aromatic N) is 2. The monoisotopic (exact) mass is 1300 g/mol. The third-order valence-electron chi connectivity index (χ3n) is 15.6. The lowest BCUT2D eigenvalue weighted by atomic mass is 10.0. The molecule has 0 aliphatic carbocycles. The molecule has 3 saturated heterocycles. The number of aliphatic hydroxyl groups is 2. The third kappa shape index (κ3) is 21.0. The van der Waals surface area contributed by atoms with E-state index in [4.69, 9.17) is 25.3 Å². The Bertz CT molecular complexity index is 3490. The van der Waals surface area contributed by atoms with E-state index in [0.29, 0.717) is 17.9 Å². The highest BCUT2D eigenvalue weighted by atomic mass is 32.2. The van der Waals surface area contributed by atoms with Crippen LogP contribution in [0.5, 0.6) is 11.5 Å². The summed E-state index contributed by atoms with van der Waals surface area (Å²) in [5.74, 6) is -4.61. The van der Waals surface area contributed by atoms with Crippen molar-refractivity contribution in [3.63, 3.8) is 0 Å². The average Bonchev–Trinajstić information content (AvgIpc) is 1.85. The van der Waals surface area contributed by atoms with E-state index >= 15 is 0 Å². The molecule has 3 fully saturated rings. The number of unbranched alkanes of at least 4 members (excludes halogenated alkanes) is 3. The van der Waals surface area contributed by atoms with E-state index in [1.54, 1.807) is 54.6 Å². The number of ether oxygens (including phenoxy) is 1. The van der Waals surface area contributed by atoms with Crippen molar-refractivity contribution in [2.75, 3.05) is 26.3 Å². The summed E-state index contributed by atoms with van der Waals surface area (Å²) in [6.07, 6.45) is 2.30. The first-order valence-corrected chi connectivity index (χ1v) is 32.9. The Hall–Kier alpha value is -8.09. The zero-order valence-corrected chi connectivity index (χ0v) is 52.8. The number of carbonyl (C=O) groups is 7. The first kappa shape index (κ1) is 72.0. The molecular formula is C63H83N9O17S2. The van der Waals surface area contributed by atoms with Crippen LogP contribution in [0.3, 0.4) is 0 Å². The number of aryl methyl sites for hydroxylation is 3. The summed E-state index contributed by atoms with van der Waals surface area (Å²) in [5.41, 5.74) is 15.5. The summed E-state index contributed by atoms with van der Waals surface area (Å²) in [6, 6.07) is 20.0. The lowest BCUT2D eigenvalue weighted by Gasteiger charge is -2.33. The molecule has 9 atom stereocenters. The Balaban J connectivity index is 0.000000499. The van der Waals surface area contributed by atoms with Gasteiger partial charge in [-0.2, -0.15) is 16.8 Å². The number of hydrogen-bond donors (Lipinski definition) is 12. The molecule has 7 amide bonds. The first-order valence-electron chi connectivity index (χ1n) is 30.0. The van der Waals surface area contributed by atoms with Crippen molar-refractivity contribution in [1.82, 2.24) is 36.4 Å². The number of aliphatic hydroxyl groups excluding tert-OH is 2. The van der Waals surface area contributed by atoms with E-state index in [1.165, 1.54) is 48.2 Å². The summed E-state index contributed by atoms with van der Waals surface area (Å²) in [7, 11) is -8.04. The second-order valence-corrected chi connectivity index (χ2v) is 25.7. The molecule has 0 unspecified atom stereocenters. The number of carbonyl (C=O) groups excluding carboxylic acids is 7. The van der Waals surface area contributed by atoms with E-state index in [-0.39, 0.29) is 79.1 Å². The summed E-state index contributed by atoms with van der Waals surface area (Å²) in [5, 5.41) is 46.2. The van der Waals surface area contributed by atoms with Gasteiger partial charge < -0.3 is 67.9 Å². The van der Waals surface area contributed by atoms with Crippen LogP contribution in [-0.4, -0.2) is 173 Å². The van der Waals surface area contributed by atoms with E-state index in [2.05, 4.69) is 33.5 Å². The number of phenolic OH excluding ortho intramolecular Hbond substituents is 1. The molecular weight excluding hydrogens is 1220 g/mol. The van der Waals surface area contributed by atoms with E-state index in [1.807, 2.05) is 32.0 Å². The van der Waals surface area contributed by atoms with Gasteiger partial charge in [-0.05, 0) is 149 Å². The van der Waals surface area contributed by atoms with E-state index < -0.39 is 123 Å². The first-order chi connectivity index (χ1) is 43.1. The van der Waals surface area contributed by atoms with Gasteiger partial charge in [-0.15, -0.1) is 0 Å². The molecule has 8 rings (SSSR count). The maximum atomic E-state index is 14.2. The van der Waals surface area contributed by atoms with Crippen molar-refractivity contribution in [1.29, 1.82) is 0 Å². The molecule has 5 aromatic carbocycles. The van der Waals surface area contributed by atoms with Crippen LogP contribution in [0.1, 0.15) is 105 Å². The number of phenols is 1. The molecule has 3 heterocycles. The number of amides is 7. The fourth-order valence-electron chi connectivity index (χ4n) is 10.5. The predicted octanol–water partition coefficient (Wildman–Crippen LogP) is 2.66. The Morgan fingerprint density at radius 2 is 1.31 bits per heavy atom. The van der Waals surface area contributed by atoms with Crippen LogP contribution in [-0.2, 0) is 55.4 Å². The normalized spacial score (nSPS) is 22.4. The highest BCUT2D eigenvalue weighted by Gasteiger charge is 2.45. The summed E-state index contributed by atoms with van der Waals surface area (Å²) in [6.45, 7) is 6.72. The maximum Gasteiger partial charge on any atom is 0.294 e. The topological polar surface area (TPSA) is 417 Å². The standard InChI is InChI=1S/C49H67N9O11.2C7H8O3S/c1-3-4-5-6-22-69-35-17-14-30-23-32(13-12-31(30)24-35)43(62)53-36-8-7-21-52-46(65)40-25-33(50)26-57(40)49(68)42(28(2)60)56-45(64)37(18-11-29-9-15-34(61)16-10-29)54-47(66)39-19-20-41(51)58(39)48(67)38(27-59)55-44(36)63;2*1-6-2-4-7(5-3-6)11(8,9)10/h9-10,12-17,23-24,28,33,36-42,59-61H,3-8,11,18-22,25-27,50-51H2,1-2H3,(H,52,65)(H,53,62)(H,54,66)(H,55,63)(H,56,64);2*2-5H,1H3,(H,8,9,10)/t28-,33-,36-,37-,38-,39-,40-,41+,42-;;/m0../s1. The van der Waals surface area contributed by atoms with Gasteiger partial charge in [-0.1, -0.05) is 85.8 Å².